The summed E-state index contributed by atoms with van der Waals surface area (Å²) in [4.78, 5) is 0. The first-order chi connectivity index (χ1) is 9.47. The molecule has 0 aliphatic rings. The van der Waals surface area contributed by atoms with Crippen LogP contribution in [0.5, 0.6) is 5.75 Å². The molecule has 20 heavy (non-hydrogen) atoms. The molecule has 106 valence electrons. The predicted octanol–water partition coefficient (Wildman–Crippen LogP) is 5.25. The molecule has 2 aromatic carbocycles. The maximum absolute atomic E-state index is 6.17. The molecule has 0 amide bonds. The van der Waals surface area contributed by atoms with Gasteiger partial charge in [-0.1, -0.05) is 40.9 Å². The number of ether oxygens (including phenoxy) is 1. The first-order valence-corrected chi connectivity index (χ1v) is 7.22. The maximum Gasteiger partial charge on any atom is 0.138 e. The van der Waals surface area contributed by atoms with Gasteiger partial charge in [-0.15, -0.1) is 0 Å². The zero-order chi connectivity index (χ0) is 14.7. The van der Waals surface area contributed by atoms with Crippen LogP contribution in [0.1, 0.15) is 24.1 Å². The van der Waals surface area contributed by atoms with Crippen molar-refractivity contribution in [1.82, 2.24) is 0 Å². The summed E-state index contributed by atoms with van der Waals surface area (Å²) < 4.78 is 5.68. The largest absolute Gasteiger partial charge is 0.487 e. The van der Waals surface area contributed by atoms with Crippen LogP contribution in [0.2, 0.25) is 15.1 Å². The Labute approximate surface area is 133 Å². The molecule has 2 nitrogen and oxygen atoms in total. The van der Waals surface area contributed by atoms with E-state index in [-0.39, 0.29) is 6.04 Å². The van der Waals surface area contributed by atoms with Crippen molar-refractivity contribution < 1.29 is 4.74 Å². The van der Waals surface area contributed by atoms with Gasteiger partial charge in [0.25, 0.3) is 0 Å². The molecule has 0 fully saturated rings. The minimum atomic E-state index is -0.0658. The average Bonchev–Trinajstić information content (AvgIpc) is 2.40. The lowest BCUT2D eigenvalue weighted by atomic mass is 10.1. The van der Waals surface area contributed by atoms with Crippen molar-refractivity contribution in [2.45, 2.75) is 19.6 Å². The Kier molecular flexibility index (Phi) is 5.17. The van der Waals surface area contributed by atoms with Gasteiger partial charge in [0.05, 0.1) is 5.02 Å². The molecule has 2 rings (SSSR count). The first kappa shape index (κ1) is 15.5. The molecule has 0 spiro atoms. The third-order valence-electron chi connectivity index (χ3n) is 2.87. The van der Waals surface area contributed by atoms with Gasteiger partial charge in [-0.2, -0.15) is 0 Å². The molecule has 0 aliphatic heterocycles. The molecule has 5 heteroatoms. The molecule has 0 heterocycles. The molecule has 0 bridgehead atoms. The van der Waals surface area contributed by atoms with E-state index in [1.807, 2.05) is 13.0 Å². The van der Waals surface area contributed by atoms with E-state index in [0.29, 0.717) is 27.4 Å². The second-order valence-electron chi connectivity index (χ2n) is 4.50. The predicted molar refractivity (Wildman–Crippen MR) is 84.8 cm³/mol. The third kappa shape index (κ3) is 3.80. The lowest BCUT2D eigenvalue weighted by Crippen LogP contribution is -2.05. The Hall–Kier alpha value is -0.930. The molecule has 2 N–H and O–H groups in total. The number of hydrogen-bond acceptors (Lipinski definition) is 2. The second kappa shape index (κ2) is 6.68. The highest BCUT2D eigenvalue weighted by Crippen LogP contribution is 2.29. The van der Waals surface area contributed by atoms with Gasteiger partial charge in [-0.05, 0) is 42.8 Å². The van der Waals surface area contributed by atoms with Crippen LogP contribution < -0.4 is 10.5 Å². The summed E-state index contributed by atoms with van der Waals surface area (Å²) in [5.74, 6) is 0.590. The monoisotopic (exact) mass is 329 g/mol. The normalized spacial score (nSPS) is 12.2. The van der Waals surface area contributed by atoms with Crippen LogP contribution in [-0.2, 0) is 6.61 Å². The van der Waals surface area contributed by atoms with E-state index in [0.717, 1.165) is 11.1 Å². The minimum absolute atomic E-state index is 0.0658. The van der Waals surface area contributed by atoms with Crippen molar-refractivity contribution in [3.8, 4) is 5.75 Å². The van der Waals surface area contributed by atoms with Crippen molar-refractivity contribution >= 4 is 34.8 Å². The van der Waals surface area contributed by atoms with Gasteiger partial charge in [-0.25, -0.2) is 0 Å². The van der Waals surface area contributed by atoms with E-state index >= 15 is 0 Å². The number of hydrogen-bond donors (Lipinski definition) is 1. The summed E-state index contributed by atoms with van der Waals surface area (Å²) in [5, 5.41) is 1.75. The Morgan fingerprint density at radius 1 is 1.05 bits per heavy atom. The van der Waals surface area contributed by atoms with Crippen molar-refractivity contribution in [3.05, 3.63) is 62.6 Å². The molecule has 1 atom stereocenters. The second-order valence-corrected chi connectivity index (χ2v) is 5.75. The highest BCUT2D eigenvalue weighted by molar-refractivity contribution is 6.33. The molecule has 0 saturated carbocycles. The molecule has 0 aliphatic carbocycles. The maximum atomic E-state index is 6.17. The fourth-order valence-corrected chi connectivity index (χ4v) is 2.34. The van der Waals surface area contributed by atoms with Crippen molar-refractivity contribution in [1.29, 1.82) is 0 Å². The van der Waals surface area contributed by atoms with Gasteiger partial charge in [0, 0.05) is 21.7 Å². The van der Waals surface area contributed by atoms with Crippen molar-refractivity contribution in [3.63, 3.8) is 0 Å². The number of rotatable bonds is 4. The summed E-state index contributed by atoms with van der Waals surface area (Å²) in [7, 11) is 0. The average molecular weight is 331 g/mol. The fourth-order valence-electron chi connectivity index (χ4n) is 1.73. The van der Waals surface area contributed by atoms with Gasteiger partial charge < -0.3 is 10.5 Å². The van der Waals surface area contributed by atoms with Gasteiger partial charge in [-0.3, -0.25) is 0 Å². The molecule has 2 aromatic rings. The van der Waals surface area contributed by atoms with E-state index in [1.165, 1.54) is 0 Å². The molecule has 0 unspecified atom stereocenters. The minimum Gasteiger partial charge on any atom is -0.487 e. The number of benzene rings is 2. The van der Waals surface area contributed by atoms with E-state index < -0.39 is 0 Å². The zero-order valence-corrected chi connectivity index (χ0v) is 13.1. The summed E-state index contributed by atoms with van der Waals surface area (Å²) in [6.07, 6.45) is 0. The molecule has 0 aromatic heterocycles. The number of halogens is 3. The zero-order valence-electron chi connectivity index (χ0n) is 10.9. The first-order valence-electron chi connectivity index (χ1n) is 6.09. The molecular formula is C15H14Cl3NO. The van der Waals surface area contributed by atoms with Crippen LogP contribution in [-0.4, -0.2) is 0 Å². The highest BCUT2D eigenvalue weighted by atomic mass is 35.5. The lowest BCUT2D eigenvalue weighted by molar-refractivity contribution is 0.306. The Bertz CT molecular complexity index is 614. The van der Waals surface area contributed by atoms with E-state index in [9.17, 15) is 0 Å². The lowest BCUT2D eigenvalue weighted by Gasteiger charge is -2.12. The summed E-state index contributed by atoms with van der Waals surface area (Å²) in [6.45, 7) is 2.20. The van der Waals surface area contributed by atoms with Gasteiger partial charge >= 0.3 is 0 Å². The van der Waals surface area contributed by atoms with Gasteiger partial charge in [0.15, 0.2) is 0 Å². The Balaban J connectivity index is 2.13. The van der Waals surface area contributed by atoms with Crippen molar-refractivity contribution in [2.75, 3.05) is 0 Å². The van der Waals surface area contributed by atoms with Crippen LogP contribution >= 0.6 is 34.8 Å². The molecule has 0 saturated heterocycles. The van der Waals surface area contributed by atoms with E-state index in [4.69, 9.17) is 45.3 Å². The van der Waals surface area contributed by atoms with Crippen LogP contribution in [0.4, 0.5) is 0 Å². The van der Waals surface area contributed by atoms with Crippen LogP contribution in [0.25, 0.3) is 0 Å². The Morgan fingerprint density at radius 2 is 1.80 bits per heavy atom. The summed E-state index contributed by atoms with van der Waals surface area (Å²) >= 11 is 18.2. The van der Waals surface area contributed by atoms with Gasteiger partial charge in [0.2, 0.25) is 0 Å². The third-order valence-corrected chi connectivity index (χ3v) is 3.77. The van der Waals surface area contributed by atoms with Crippen LogP contribution in [0.15, 0.2) is 36.4 Å². The van der Waals surface area contributed by atoms with E-state index in [1.54, 1.807) is 30.3 Å². The Morgan fingerprint density at radius 3 is 2.45 bits per heavy atom. The van der Waals surface area contributed by atoms with Gasteiger partial charge in [0.1, 0.15) is 12.4 Å². The SMILES string of the molecule is C[C@H](N)c1ccc(OCc2cc(Cl)ccc2Cl)c(Cl)c1. The van der Waals surface area contributed by atoms with Crippen LogP contribution in [0, 0.1) is 0 Å². The molecule has 0 radical (unpaired) electrons. The quantitative estimate of drug-likeness (QED) is 0.831. The summed E-state index contributed by atoms with van der Waals surface area (Å²) in [6, 6.07) is 10.7. The highest BCUT2D eigenvalue weighted by Gasteiger charge is 2.08. The summed E-state index contributed by atoms with van der Waals surface area (Å²) in [5.41, 5.74) is 7.58. The topological polar surface area (TPSA) is 35.2 Å². The van der Waals surface area contributed by atoms with Crippen molar-refractivity contribution in [2.24, 2.45) is 5.73 Å². The van der Waals surface area contributed by atoms with Crippen LogP contribution in [0.3, 0.4) is 0 Å². The smallest absolute Gasteiger partial charge is 0.138 e. The fraction of sp³-hybridized carbons (Fsp3) is 0.200. The number of nitrogens with two attached hydrogens (primary N) is 1. The standard InChI is InChI=1S/C15H14Cl3NO/c1-9(19)10-2-5-15(14(18)7-10)20-8-11-6-12(16)3-4-13(11)17/h2-7,9H,8,19H2,1H3/t9-/m0/s1. The molecular weight excluding hydrogens is 317 g/mol. The van der Waals surface area contributed by atoms with E-state index in [2.05, 4.69) is 0 Å².